The minimum absolute atomic E-state index is 0.0624. The van der Waals surface area contributed by atoms with Gasteiger partial charge in [-0.25, -0.2) is 4.57 Å². The number of esters is 2. The van der Waals surface area contributed by atoms with Crippen molar-refractivity contribution in [3.63, 3.8) is 0 Å². The van der Waals surface area contributed by atoms with Gasteiger partial charge in [0, 0.05) is 12.8 Å². The van der Waals surface area contributed by atoms with Crippen molar-refractivity contribution in [1.29, 1.82) is 0 Å². The Labute approximate surface area is 305 Å². The number of hydrogen-bond acceptors (Lipinski definition) is 7. The molecule has 0 amide bonds. The van der Waals surface area contributed by atoms with Crippen LogP contribution in [0, 0.1) is 0 Å². The SMILES string of the molecule is CCCCCCCCCCCCCCCC(=O)OC[C@H](COP(=O)(O)OCC[S+](C)C)OC(=O)CCCCCCCCCCCCCCC. The van der Waals surface area contributed by atoms with Crippen molar-refractivity contribution < 1.29 is 37.6 Å². The molecule has 0 bridgehead atoms. The lowest BCUT2D eigenvalue weighted by Crippen LogP contribution is -2.29. The molecule has 2 atom stereocenters. The highest BCUT2D eigenvalue weighted by molar-refractivity contribution is 7.95. The summed E-state index contributed by atoms with van der Waals surface area (Å²) in [6.45, 7) is 4.01. The van der Waals surface area contributed by atoms with Gasteiger partial charge in [0.15, 0.2) is 6.10 Å². The first-order valence-electron chi connectivity index (χ1n) is 20.2. The minimum atomic E-state index is -4.32. The highest BCUT2D eigenvalue weighted by Gasteiger charge is 2.26. The second-order valence-corrected chi connectivity index (χ2v) is 17.9. The Morgan fingerprint density at radius 1 is 0.551 bits per heavy atom. The van der Waals surface area contributed by atoms with E-state index in [9.17, 15) is 19.0 Å². The zero-order chi connectivity index (χ0) is 36.3. The standard InChI is InChI=1S/C39H77O8PS/c1-5-7-9-11-13-15-17-19-21-23-25-27-29-31-38(40)44-35-37(36-46-48(42,43)45-33-34-49(3)4)47-39(41)32-30-28-26-24-22-20-18-16-14-12-10-8-6-2/h37H,5-36H2,1-4H3/p+1/t37-/m1/s1. The molecule has 0 saturated carbocycles. The summed E-state index contributed by atoms with van der Waals surface area (Å²) >= 11 is 0. The first kappa shape index (κ1) is 48.4. The molecule has 292 valence electrons. The largest absolute Gasteiger partial charge is 0.472 e. The van der Waals surface area contributed by atoms with Crippen LogP contribution in [0.1, 0.15) is 194 Å². The third-order valence-corrected chi connectivity index (χ3v) is 10.8. The molecule has 0 aliphatic heterocycles. The molecule has 10 heteroatoms. The first-order valence-corrected chi connectivity index (χ1v) is 23.9. The molecule has 0 spiro atoms. The second-order valence-electron chi connectivity index (χ2n) is 14.1. The third kappa shape index (κ3) is 37.0. The molecule has 0 aliphatic rings. The van der Waals surface area contributed by atoms with Crippen molar-refractivity contribution in [1.82, 2.24) is 0 Å². The van der Waals surface area contributed by atoms with Gasteiger partial charge in [0.05, 0.1) is 19.1 Å². The summed E-state index contributed by atoms with van der Waals surface area (Å²) in [6.07, 6.45) is 35.5. The number of phosphoric acid groups is 1. The van der Waals surface area contributed by atoms with E-state index in [0.717, 1.165) is 38.5 Å². The summed E-state index contributed by atoms with van der Waals surface area (Å²) in [5.41, 5.74) is 0. The molecule has 0 aromatic carbocycles. The number of carbonyl (C=O) groups excluding carboxylic acids is 2. The number of ether oxygens (including phenoxy) is 2. The van der Waals surface area contributed by atoms with E-state index < -0.39 is 19.9 Å². The number of unbranched alkanes of at least 4 members (excludes halogenated alkanes) is 24. The summed E-state index contributed by atoms with van der Waals surface area (Å²) < 4.78 is 33.5. The molecule has 0 aliphatic carbocycles. The number of hydrogen-bond donors (Lipinski definition) is 1. The molecule has 0 saturated heterocycles. The average molecular weight is 738 g/mol. The van der Waals surface area contributed by atoms with E-state index in [2.05, 4.69) is 13.8 Å². The maximum absolute atomic E-state index is 12.6. The van der Waals surface area contributed by atoms with Crippen LogP contribution in [0.25, 0.3) is 0 Å². The van der Waals surface area contributed by atoms with Crippen LogP contribution in [0.3, 0.4) is 0 Å². The van der Waals surface area contributed by atoms with Gasteiger partial charge in [-0.2, -0.15) is 0 Å². The summed E-state index contributed by atoms with van der Waals surface area (Å²) in [4.78, 5) is 35.1. The topological polar surface area (TPSA) is 108 Å². The first-order chi connectivity index (χ1) is 23.7. The highest BCUT2D eigenvalue weighted by Crippen LogP contribution is 2.43. The molecule has 1 unspecified atom stereocenters. The van der Waals surface area contributed by atoms with E-state index in [4.69, 9.17) is 18.5 Å². The lowest BCUT2D eigenvalue weighted by molar-refractivity contribution is -0.161. The van der Waals surface area contributed by atoms with Gasteiger partial charge in [0.25, 0.3) is 0 Å². The van der Waals surface area contributed by atoms with Crippen molar-refractivity contribution >= 4 is 30.7 Å². The predicted octanol–water partition coefficient (Wildman–Crippen LogP) is 11.4. The number of phosphoric ester groups is 1. The lowest BCUT2D eigenvalue weighted by Gasteiger charge is -2.19. The van der Waals surface area contributed by atoms with Gasteiger partial charge in [0.2, 0.25) is 0 Å². The minimum Gasteiger partial charge on any atom is -0.462 e. The molecule has 0 heterocycles. The van der Waals surface area contributed by atoms with Gasteiger partial charge in [-0.3, -0.25) is 18.6 Å². The molecule has 0 aromatic rings. The van der Waals surface area contributed by atoms with Gasteiger partial charge >= 0.3 is 19.8 Å². The van der Waals surface area contributed by atoms with E-state index in [1.807, 2.05) is 12.5 Å². The van der Waals surface area contributed by atoms with E-state index >= 15 is 0 Å². The number of rotatable bonds is 38. The highest BCUT2D eigenvalue weighted by atomic mass is 32.2. The van der Waals surface area contributed by atoms with Crippen molar-refractivity contribution in [2.75, 3.05) is 38.1 Å². The Kier molecular flexibility index (Phi) is 35.3. The van der Waals surface area contributed by atoms with Gasteiger partial charge in [0.1, 0.15) is 19.0 Å². The molecule has 0 rings (SSSR count). The van der Waals surface area contributed by atoms with Crippen molar-refractivity contribution in [2.24, 2.45) is 0 Å². The van der Waals surface area contributed by atoms with Gasteiger partial charge in [-0.1, -0.05) is 168 Å². The van der Waals surface area contributed by atoms with Crippen LogP contribution in [0.5, 0.6) is 0 Å². The molecule has 0 fully saturated rings. The van der Waals surface area contributed by atoms with Gasteiger partial charge in [-0.05, 0) is 23.7 Å². The van der Waals surface area contributed by atoms with Crippen LogP contribution < -0.4 is 0 Å². The average Bonchev–Trinajstić information content (AvgIpc) is 3.06. The van der Waals surface area contributed by atoms with Crippen molar-refractivity contribution in [2.45, 2.75) is 200 Å². The van der Waals surface area contributed by atoms with Crippen LogP contribution in [0.2, 0.25) is 0 Å². The van der Waals surface area contributed by atoms with E-state index in [0.29, 0.717) is 12.2 Å². The normalized spacial score (nSPS) is 13.4. The monoisotopic (exact) mass is 738 g/mol. The molecule has 49 heavy (non-hydrogen) atoms. The number of carbonyl (C=O) groups is 2. The molecule has 8 nitrogen and oxygen atoms in total. The third-order valence-electron chi connectivity index (χ3n) is 8.87. The van der Waals surface area contributed by atoms with E-state index in [1.165, 1.54) is 128 Å². The fourth-order valence-corrected chi connectivity index (χ4v) is 7.02. The zero-order valence-electron chi connectivity index (χ0n) is 32.4. The molecule has 1 N–H and O–H groups in total. The van der Waals surface area contributed by atoms with Crippen LogP contribution in [0.15, 0.2) is 0 Å². The maximum Gasteiger partial charge on any atom is 0.472 e. The predicted molar refractivity (Wildman–Crippen MR) is 207 cm³/mol. The quantitative estimate of drug-likeness (QED) is 0.0289. The molecule has 0 aromatic heterocycles. The van der Waals surface area contributed by atoms with Crippen LogP contribution in [0.4, 0.5) is 0 Å². The Morgan fingerprint density at radius 2 is 0.918 bits per heavy atom. The van der Waals surface area contributed by atoms with Gasteiger partial charge in [-0.15, -0.1) is 0 Å². The Morgan fingerprint density at radius 3 is 1.31 bits per heavy atom. The fourth-order valence-electron chi connectivity index (χ4n) is 5.73. The summed E-state index contributed by atoms with van der Waals surface area (Å²) in [7, 11) is -4.25. The molecular weight excluding hydrogens is 659 g/mol. The molecular formula is C39H78O8PS+. The van der Waals surface area contributed by atoms with Gasteiger partial charge < -0.3 is 14.4 Å². The maximum atomic E-state index is 12.6. The Bertz CT molecular complexity index is 797. The Balaban J connectivity index is 4.30. The van der Waals surface area contributed by atoms with Crippen LogP contribution in [-0.2, 0) is 43.6 Å². The van der Waals surface area contributed by atoms with Crippen molar-refractivity contribution in [3.8, 4) is 0 Å². The summed E-state index contributed by atoms with van der Waals surface area (Å²) in [5.74, 6) is -0.136. The zero-order valence-corrected chi connectivity index (χ0v) is 34.1. The lowest BCUT2D eigenvalue weighted by atomic mass is 10.0. The van der Waals surface area contributed by atoms with E-state index in [1.54, 1.807) is 0 Å². The second kappa shape index (κ2) is 35.8. The van der Waals surface area contributed by atoms with Crippen LogP contribution >= 0.6 is 7.82 Å². The smallest absolute Gasteiger partial charge is 0.462 e. The Hall–Kier alpha value is -0.600. The molecule has 0 radical (unpaired) electrons. The summed E-state index contributed by atoms with van der Waals surface area (Å²) in [5, 5.41) is 0. The fraction of sp³-hybridized carbons (Fsp3) is 0.949. The van der Waals surface area contributed by atoms with Crippen molar-refractivity contribution in [3.05, 3.63) is 0 Å². The van der Waals surface area contributed by atoms with Crippen LogP contribution in [-0.4, -0.2) is 61.0 Å². The summed E-state index contributed by atoms with van der Waals surface area (Å²) in [6, 6.07) is 0. The van der Waals surface area contributed by atoms with E-state index in [-0.39, 0.29) is 43.1 Å².